The molecule has 0 bridgehead atoms. The predicted molar refractivity (Wildman–Crippen MR) is 106 cm³/mol. The second-order valence-corrected chi connectivity index (χ2v) is 7.32. The quantitative estimate of drug-likeness (QED) is 0.575. The first-order valence-corrected chi connectivity index (χ1v) is 9.48. The van der Waals surface area contributed by atoms with Crippen molar-refractivity contribution >= 4 is 22.8 Å². The molecule has 0 fully saturated rings. The van der Waals surface area contributed by atoms with Crippen LogP contribution < -0.4 is 20.6 Å². The molecule has 0 radical (unpaired) electrons. The molecular formula is C19H24ClN4O4+. The molecule has 150 valence electrons. The van der Waals surface area contributed by atoms with Crippen LogP contribution in [-0.4, -0.2) is 31.9 Å². The van der Waals surface area contributed by atoms with Crippen molar-refractivity contribution in [3.05, 3.63) is 55.7 Å². The van der Waals surface area contributed by atoms with Crippen LogP contribution in [0.3, 0.4) is 0 Å². The van der Waals surface area contributed by atoms with Crippen LogP contribution in [0.15, 0.2) is 33.9 Å². The Morgan fingerprint density at radius 3 is 2.54 bits per heavy atom. The van der Waals surface area contributed by atoms with Crippen LogP contribution >= 0.6 is 11.6 Å². The Morgan fingerprint density at radius 1 is 1.25 bits per heavy atom. The van der Waals surface area contributed by atoms with E-state index >= 15 is 0 Å². The smallest absolute Gasteiger partial charge is 0.428 e. The predicted octanol–water partition coefficient (Wildman–Crippen LogP) is 1.19. The summed E-state index contributed by atoms with van der Waals surface area (Å²) < 4.78 is 10.1. The highest BCUT2D eigenvalue weighted by Gasteiger charge is 2.28. The molecule has 0 aliphatic rings. The number of imidazole rings is 1. The first-order valence-electron chi connectivity index (χ1n) is 9.10. The molecule has 2 N–H and O–H groups in total. The van der Waals surface area contributed by atoms with Crippen molar-refractivity contribution in [3.8, 4) is 6.01 Å². The van der Waals surface area contributed by atoms with Gasteiger partial charge in [-0.2, -0.15) is 9.55 Å². The van der Waals surface area contributed by atoms with Crippen LogP contribution in [0.1, 0.15) is 25.8 Å². The number of aryl methyl sites for hydroxylation is 1. The Bertz CT molecular complexity index is 1100. The molecule has 9 heteroatoms. The molecule has 0 aliphatic heterocycles. The van der Waals surface area contributed by atoms with Gasteiger partial charge in [-0.05, 0) is 38.0 Å². The third-order valence-corrected chi connectivity index (χ3v) is 4.66. The van der Waals surface area contributed by atoms with Crippen LogP contribution in [0.5, 0.6) is 6.01 Å². The topological polar surface area (TPSA) is 93.1 Å². The molecule has 0 saturated carbocycles. The molecule has 8 nitrogen and oxygen atoms in total. The minimum atomic E-state index is -0.443. The summed E-state index contributed by atoms with van der Waals surface area (Å²) in [5.74, 6) is 0. The van der Waals surface area contributed by atoms with Crippen molar-refractivity contribution < 1.29 is 14.4 Å². The average molecular weight is 408 g/mol. The largest absolute Gasteiger partial charge is 0.456 e. The van der Waals surface area contributed by atoms with Crippen molar-refractivity contribution in [2.45, 2.75) is 39.5 Å². The lowest BCUT2D eigenvalue weighted by molar-refractivity contribution is -0.669. The maximum Gasteiger partial charge on any atom is 0.456 e. The van der Waals surface area contributed by atoms with E-state index in [1.165, 1.54) is 4.57 Å². The van der Waals surface area contributed by atoms with Gasteiger partial charge >= 0.3 is 17.3 Å². The van der Waals surface area contributed by atoms with Crippen LogP contribution in [0.4, 0.5) is 0 Å². The second kappa shape index (κ2) is 8.20. The fraction of sp³-hybridized carbons (Fsp3) is 0.421. The monoisotopic (exact) mass is 407 g/mol. The third kappa shape index (κ3) is 3.83. The van der Waals surface area contributed by atoms with Gasteiger partial charge in [-0.15, -0.1) is 0 Å². The van der Waals surface area contributed by atoms with Crippen LogP contribution in [0.2, 0.25) is 5.02 Å². The number of nitrogens with one attached hydrogen (secondary N) is 1. The van der Waals surface area contributed by atoms with Crippen LogP contribution in [-0.2, 0) is 20.1 Å². The van der Waals surface area contributed by atoms with Gasteiger partial charge in [-0.25, -0.2) is 4.79 Å². The molecule has 3 rings (SSSR count). The number of hydrogen-bond donors (Lipinski definition) is 2. The van der Waals surface area contributed by atoms with Crippen molar-refractivity contribution in [2.75, 3.05) is 6.61 Å². The van der Waals surface area contributed by atoms with Gasteiger partial charge in [0.25, 0.3) is 11.2 Å². The Morgan fingerprint density at radius 2 is 1.93 bits per heavy atom. The number of aliphatic hydroxyl groups is 1. The summed E-state index contributed by atoms with van der Waals surface area (Å²) in [6, 6.07) is 7.71. The van der Waals surface area contributed by atoms with E-state index in [1.807, 2.05) is 26.0 Å². The molecular weight excluding hydrogens is 384 g/mol. The fourth-order valence-electron chi connectivity index (χ4n) is 3.07. The van der Waals surface area contributed by atoms with Gasteiger partial charge in [0.15, 0.2) is 0 Å². The zero-order valence-corrected chi connectivity index (χ0v) is 16.9. The Labute approximate surface area is 166 Å². The highest BCUT2D eigenvalue weighted by molar-refractivity contribution is 6.30. The number of aromatic nitrogens is 4. The van der Waals surface area contributed by atoms with Gasteiger partial charge in [0.2, 0.25) is 0 Å². The molecule has 0 spiro atoms. The summed E-state index contributed by atoms with van der Waals surface area (Å²) in [7, 11) is 1.60. The number of benzene rings is 1. The van der Waals surface area contributed by atoms with Gasteiger partial charge < -0.3 is 9.84 Å². The zero-order chi connectivity index (χ0) is 20.4. The van der Waals surface area contributed by atoms with Gasteiger partial charge in [0.05, 0.1) is 0 Å². The van der Waals surface area contributed by atoms with Gasteiger partial charge in [0, 0.05) is 25.2 Å². The number of hydrogen-bond acceptors (Lipinski definition) is 4. The highest BCUT2D eigenvalue weighted by atomic mass is 35.5. The molecule has 0 atom stereocenters. The van der Waals surface area contributed by atoms with Crippen LogP contribution in [0.25, 0.3) is 11.2 Å². The number of ether oxygens (including phenoxy) is 1. The lowest BCUT2D eigenvalue weighted by Gasteiger charge is -2.07. The van der Waals surface area contributed by atoms with E-state index < -0.39 is 11.2 Å². The van der Waals surface area contributed by atoms with Crippen LogP contribution in [0, 0.1) is 0 Å². The summed E-state index contributed by atoms with van der Waals surface area (Å²) in [5, 5.41) is 9.73. The number of H-pyrrole nitrogens is 1. The first kappa shape index (κ1) is 20.2. The lowest BCUT2D eigenvalue weighted by atomic mass is 10.2. The van der Waals surface area contributed by atoms with Crippen molar-refractivity contribution in [3.63, 3.8) is 0 Å². The number of fused-ring (bicyclic) bond motifs is 1. The number of halogens is 1. The van der Waals surface area contributed by atoms with Gasteiger partial charge in [-0.1, -0.05) is 23.7 Å². The summed E-state index contributed by atoms with van der Waals surface area (Å²) in [4.78, 5) is 28.8. The third-order valence-electron chi connectivity index (χ3n) is 4.41. The Kier molecular flexibility index (Phi) is 5.90. The highest BCUT2D eigenvalue weighted by Crippen LogP contribution is 2.14. The Hall–Kier alpha value is -2.58. The van der Waals surface area contributed by atoms with E-state index in [0.717, 1.165) is 10.1 Å². The van der Waals surface area contributed by atoms with E-state index in [0.29, 0.717) is 35.2 Å². The normalized spacial score (nSPS) is 11.5. The SMILES string of the molecule is CC(C)Oc1[nH]c2c(c(=O)n(CCCO)c(=O)n2C)[n+]1Cc1ccc(Cl)cc1. The summed E-state index contributed by atoms with van der Waals surface area (Å²) in [5.41, 5.74) is 0.793. The molecule has 0 aliphatic carbocycles. The number of nitrogens with zero attached hydrogens (tertiary/aromatic N) is 3. The number of aromatic amines is 1. The molecule has 28 heavy (non-hydrogen) atoms. The van der Waals surface area contributed by atoms with Gasteiger partial charge in [0.1, 0.15) is 12.6 Å². The molecule has 0 unspecified atom stereocenters. The molecule has 2 heterocycles. The fourth-order valence-corrected chi connectivity index (χ4v) is 3.20. The number of rotatable bonds is 7. The van der Waals surface area contributed by atoms with E-state index in [1.54, 1.807) is 23.7 Å². The van der Waals surface area contributed by atoms with E-state index in [-0.39, 0.29) is 19.3 Å². The first-order chi connectivity index (χ1) is 13.3. The minimum absolute atomic E-state index is 0.104. The average Bonchev–Trinajstić information content (AvgIpc) is 2.99. The zero-order valence-electron chi connectivity index (χ0n) is 16.1. The molecule has 0 saturated heterocycles. The molecule has 2 aromatic heterocycles. The Balaban J connectivity index is 2.25. The molecule has 3 aromatic rings. The summed E-state index contributed by atoms with van der Waals surface area (Å²) in [6.45, 7) is 4.18. The number of aliphatic hydroxyl groups excluding tert-OH is 1. The molecule has 0 amide bonds. The standard InChI is InChI=1S/C19H23ClN4O4/c1-12(2)28-18-21-16-15(24(18)11-13-5-7-14(20)8-6-13)17(26)23(9-4-10-25)19(27)22(16)3/h5-8,12,25H,4,9-11H2,1-3H3/p+1. The van der Waals surface area contributed by atoms with E-state index in [4.69, 9.17) is 21.4 Å². The summed E-state index contributed by atoms with van der Waals surface area (Å²) >= 11 is 5.97. The van der Waals surface area contributed by atoms with Crippen molar-refractivity contribution in [1.82, 2.24) is 14.1 Å². The van der Waals surface area contributed by atoms with Crippen molar-refractivity contribution in [2.24, 2.45) is 7.05 Å². The van der Waals surface area contributed by atoms with E-state index in [9.17, 15) is 9.59 Å². The minimum Gasteiger partial charge on any atom is -0.428 e. The van der Waals surface area contributed by atoms with Crippen molar-refractivity contribution in [1.29, 1.82) is 0 Å². The lowest BCUT2D eigenvalue weighted by Crippen LogP contribution is -2.45. The van der Waals surface area contributed by atoms with E-state index in [2.05, 4.69) is 4.98 Å². The molecule has 1 aromatic carbocycles. The van der Waals surface area contributed by atoms with Gasteiger partial charge in [-0.3, -0.25) is 13.9 Å². The summed E-state index contributed by atoms with van der Waals surface area (Å²) in [6.07, 6.45) is 0.190. The maximum atomic E-state index is 13.1. The maximum absolute atomic E-state index is 13.1. The second-order valence-electron chi connectivity index (χ2n) is 6.88.